The maximum atomic E-state index is 12.5. The van der Waals surface area contributed by atoms with Crippen LogP contribution in [0, 0.1) is 18.3 Å². The van der Waals surface area contributed by atoms with Gasteiger partial charge in [-0.2, -0.15) is 15.2 Å². The van der Waals surface area contributed by atoms with Gasteiger partial charge in [-0.3, -0.25) is 4.79 Å². The standard InChI is InChI=1S/C23H24N4O4S/c1-4-5-10-32(29,30)15-19-12-20(18-11-16(2)22(28)27(3)14-18)26-23(25-19)31-21-9-7-6-8-17(21)13-24/h6-9,11-12,14H,4-5,10,15H2,1-3H3. The second kappa shape index (κ2) is 9.75. The number of aromatic nitrogens is 3. The summed E-state index contributed by atoms with van der Waals surface area (Å²) in [5.41, 5.74) is 2.02. The van der Waals surface area contributed by atoms with Crippen molar-refractivity contribution in [3.63, 3.8) is 0 Å². The van der Waals surface area contributed by atoms with E-state index in [1.807, 2.05) is 13.0 Å². The fourth-order valence-electron chi connectivity index (χ4n) is 3.17. The summed E-state index contributed by atoms with van der Waals surface area (Å²) in [6.45, 7) is 3.63. The number of unbranched alkanes of at least 4 members (excludes halogenated alkanes) is 1. The van der Waals surface area contributed by atoms with E-state index in [9.17, 15) is 18.5 Å². The van der Waals surface area contributed by atoms with Crippen molar-refractivity contribution in [3.05, 3.63) is 69.8 Å². The number of benzene rings is 1. The SMILES string of the molecule is CCCCS(=O)(=O)Cc1cc(-c2cc(C)c(=O)n(C)c2)nc(Oc2ccccc2C#N)n1. The highest BCUT2D eigenvalue weighted by Gasteiger charge is 2.17. The topological polar surface area (TPSA) is 115 Å². The summed E-state index contributed by atoms with van der Waals surface area (Å²) in [4.78, 5) is 20.8. The van der Waals surface area contributed by atoms with Crippen molar-refractivity contribution in [2.24, 2.45) is 7.05 Å². The molecule has 3 aromatic rings. The first-order chi connectivity index (χ1) is 15.2. The van der Waals surface area contributed by atoms with Crippen LogP contribution in [0.5, 0.6) is 11.8 Å². The zero-order chi connectivity index (χ0) is 23.3. The van der Waals surface area contributed by atoms with Gasteiger partial charge >= 0.3 is 6.01 Å². The summed E-state index contributed by atoms with van der Waals surface area (Å²) in [6.07, 6.45) is 2.96. The van der Waals surface area contributed by atoms with Crippen molar-refractivity contribution in [3.8, 4) is 29.1 Å². The maximum Gasteiger partial charge on any atom is 0.322 e. The van der Waals surface area contributed by atoms with Crippen molar-refractivity contribution in [2.75, 3.05) is 5.75 Å². The highest BCUT2D eigenvalue weighted by atomic mass is 32.2. The van der Waals surface area contributed by atoms with Crippen LogP contribution >= 0.6 is 0 Å². The molecule has 0 unspecified atom stereocenters. The Kier molecular flexibility index (Phi) is 7.05. The molecule has 2 aromatic heterocycles. The molecule has 0 saturated heterocycles. The van der Waals surface area contributed by atoms with Crippen LogP contribution in [0.25, 0.3) is 11.3 Å². The van der Waals surface area contributed by atoms with E-state index >= 15 is 0 Å². The molecule has 3 rings (SSSR count). The largest absolute Gasteiger partial charge is 0.423 e. The summed E-state index contributed by atoms with van der Waals surface area (Å²) >= 11 is 0. The third-order valence-electron chi connectivity index (χ3n) is 4.80. The van der Waals surface area contributed by atoms with Crippen LogP contribution in [0.15, 0.2) is 47.4 Å². The number of sulfone groups is 1. The van der Waals surface area contributed by atoms with E-state index in [-0.39, 0.29) is 34.5 Å². The minimum atomic E-state index is -3.37. The number of hydrogen-bond donors (Lipinski definition) is 0. The Hall–Kier alpha value is -3.51. The van der Waals surface area contributed by atoms with Gasteiger partial charge in [0.1, 0.15) is 11.8 Å². The van der Waals surface area contributed by atoms with Gasteiger partial charge < -0.3 is 9.30 Å². The van der Waals surface area contributed by atoms with Gasteiger partial charge in [-0.1, -0.05) is 25.5 Å². The first kappa shape index (κ1) is 23.2. The molecule has 0 atom stereocenters. The number of nitriles is 1. The van der Waals surface area contributed by atoms with Gasteiger partial charge in [-0.25, -0.2) is 8.42 Å². The molecule has 166 valence electrons. The molecular formula is C23H24N4O4S. The molecule has 0 fully saturated rings. The Bertz CT molecular complexity index is 1310. The van der Waals surface area contributed by atoms with Crippen LogP contribution < -0.4 is 10.3 Å². The molecule has 32 heavy (non-hydrogen) atoms. The van der Waals surface area contributed by atoms with Crippen LogP contribution in [-0.4, -0.2) is 28.7 Å². The monoisotopic (exact) mass is 452 g/mol. The van der Waals surface area contributed by atoms with Crippen LogP contribution in [0.3, 0.4) is 0 Å². The molecule has 8 nitrogen and oxygen atoms in total. The van der Waals surface area contributed by atoms with Gasteiger partial charge in [-0.05, 0) is 37.6 Å². The molecule has 2 heterocycles. The quantitative estimate of drug-likeness (QED) is 0.513. The fourth-order valence-corrected chi connectivity index (χ4v) is 4.64. The number of nitrogens with zero attached hydrogens (tertiary/aromatic N) is 4. The Labute approximate surface area is 187 Å². The first-order valence-electron chi connectivity index (χ1n) is 10.2. The lowest BCUT2D eigenvalue weighted by atomic mass is 10.1. The minimum absolute atomic E-state index is 0.0647. The predicted octanol–water partition coefficient (Wildman–Crippen LogP) is 3.53. The lowest BCUT2D eigenvalue weighted by molar-refractivity contribution is 0.439. The Morgan fingerprint density at radius 3 is 2.62 bits per heavy atom. The molecule has 0 bridgehead atoms. The van der Waals surface area contributed by atoms with Gasteiger partial charge in [0.25, 0.3) is 5.56 Å². The predicted molar refractivity (Wildman–Crippen MR) is 121 cm³/mol. The lowest BCUT2D eigenvalue weighted by Gasteiger charge is -2.11. The summed E-state index contributed by atoms with van der Waals surface area (Å²) in [7, 11) is -1.74. The molecular weight excluding hydrogens is 428 g/mol. The fraction of sp³-hybridized carbons (Fsp3) is 0.304. The van der Waals surface area contributed by atoms with E-state index in [4.69, 9.17) is 4.74 Å². The van der Waals surface area contributed by atoms with Gasteiger partial charge in [0.2, 0.25) is 0 Å². The second-order valence-electron chi connectivity index (χ2n) is 7.51. The third-order valence-corrected chi connectivity index (χ3v) is 6.45. The van der Waals surface area contributed by atoms with E-state index in [0.29, 0.717) is 28.8 Å². The van der Waals surface area contributed by atoms with Gasteiger partial charge in [-0.15, -0.1) is 0 Å². The molecule has 0 aliphatic rings. The normalized spacial score (nSPS) is 11.2. The number of rotatable bonds is 8. The number of para-hydroxylation sites is 1. The van der Waals surface area contributed by atoms with E-state index in [2.05, 4.69) is 9.97 Å². The van der Waals surface area contributed by atoms with Crippen molar-refractivity contribution in [1.29, 1.82) is 5.26 Å². The molecule has 0 spiro atoms. The average molecular weight is 453 g/mol. The molecule has 0 amide bonds. The van der Waals surface area contributed by atoms with Crippen molar-refractivity contribution >= 4 is 9.84 Å². The zero-order valence-corrected chi connectivity index (χ0v) is 19.0. The van der Waals surface area contributed by atoms with Gasteiger partial charge in [0.15, 0.2) is 9.84 Å². The van der Waals surface area contributed by atoms with Crippen molar-refractivity contribution < 1.29 is 13.2 Å². The van der Waals surface area contributed by atoms with Crippen LogP contribution in [0.4, 0.5) is 0 Å². The van der Waals surface area contributed by atoms with Gasteiger partial charge in [0.05, 0.1) is 28.5 Å². The van der Waals surface area contributed by atoms with E-state index in [1.165, 1.54) is 4.57 Å². The molecule has 9 heteroatoms. The Morgan fingerprint density at radius 1 is 1.19 bits per heavy atom. The Balaban J connectivity index is 2.09. The maximum absolute atomic E-state index is 12.5. The first-order valence-corrected chi connectivity index (χ1v) is 12.0. The van der Waals surface area contributed by atoms with E-state index in [1.54, 1.807) is 56.6 Å². The number of hydrogen-bond acceptors (Lipinski definition) is 7. The molecule has 0 aliphatic carbocycles. The van der Waals surface area contributed by atoms with Gasteiger partial charge in [0, 0.05) is 24.4 Å². The summed E-state index contributed by atoms with van der Waals surface area (Å²) in [5.74, 6) is 0.0715. The number of ether oxygens (including phenoxy) is 1. The number of pyridine rings is 1. The summed E-state index contributed by atoms with van der Waals surface area (Å²) < 4.78 is 32.3. The van der Waals surface area contributed by atoms with Crippen LogP contribution in [0.1, 0.15) is 36.6 Å². The van der Waals surface area contributed by atoms with E-state index < -0.39 is 9.84 Å². The summed E-state index contributed by atoms with van der Waals surface area (Å²) in [6, 6.07) is 11.9. The van der Waals surface area contributed by atoms with Crippen molar-refractivity contribution in [2.45, 2.75) is 32.4 Å². The molecule has 0 N–H and O–H groups in total. The number of aryl methyl sites for hydroxylation is 2. The molecule has 1 aromatic carbocycles. The Morgan fingerprint density at radius 2 is 1.94 bits per heavy atom. The minimum Gasteiger partial charge on any atom is -0.423 e. The van der Waals surface area contributed by atoms with Crippen LogP contribution in [-0.2, 0) is 22.6 Å². The molecule has 0 radical (unpaired) electrons. The lowest BCUT2D eigenvalue weighted by Crippen LogP contribution is -2.18. The smallest absolute Gasteiger partial charge is 0.322 e. The molecule has 0 aliphatic heterocycles. The summed E-state index contributed by atoms with van der Waals surface area (Å²) in [5, 5.41) is 9.32. The average Bonchev–Trinajstić information content (AvgIpc) is 2.75. The second-order valence-corrected chi connectivity index (χ2v) is 9.69. The van der Waals surface area contributed by atoms with Crippen LogP contribution in [0.2, 0.25) is 0 Å². The third kappa shape index (κ3) is 5.59. The molecule has 0 saturated carbocycles. The highest BCUT2D eigenvalue weighted by Crippen LogP contribution is 2.26. The zero-order valence-electron chi connectivity index (χ0n) is 18.2. The van der Waals surface area contributed by atoms with E-state index in [0.717, 1.165) is 6.42 Å². The highest BCUT2D eigenvalue weighted by molar-refractivity contribution is 7.90. The van der Waals surface area contributed by atoms with Crippen molar-refractivity contribution in [1.82, 2.24) is 14.5 Å².